The SMILES string of the molecule is COc1cc(O)cc2occ(-c3ccc(F)cc3)c(=O)c12. The number of hydrogen-bond donors (Lipinski definition) is 1. The normalized spacial score (nSPS) is 10.8. The van der Waals surface area contributed by atoms with Gasteiger partial charge in [0.05, 0.1) is 12.7 Å². The molecular weight excluding hydrogens is 275 g/mol. The molecule has 4 nitrogen and oxygen atoms in total. The summed E-state index contributed by atoms with van der Waals surface area (Å²) in [5, 5.41) is 9.80. The Morgan fingerprint density at radius 2 is 1.90 bits per heavy atom. The van der Waals surface area contributed by atoms with Gasteiger partial charge in [0.2, 0.25) is 5.43 Å². The van der Waals surface area contributed by atoms with Gasteiger partial charge in [-0.25, -0.2) is 4.39 Å². The average molecular weight is 286 g/mol. The Morgan fingerprint density at radius 3 is 2.57 bits per heavy atom. The van der Waals surface area contributed by atoms with Gasteiger partial charge in [0.25, 0.3) is 0 Å². The second-order valence-electron chi connectivity index (χ2n) is 4.51. The Bertz CT molecular complexity index is 866. The summed E-state index contributed by atoms with van der Waals surface area (Å²) in [5.74, 6) is -0.217. The molecule has 0 aliphatic rings. The van der Waals surface area contributed by atoms with E-state index in [1.54, 1.807) is 0 Å². The van der Waals surface area contributed by atoms with E-state index in [2.05, 4.69) is 0 Å². The van der Waals surface area contributed by atoms with Crippen molar-refractivity contribution in [1.82, 2.24) is 0 Å². The summed E-state index contributed by atoms with van der Waals surface area (Å²) in [4.78, 5) is 12.6. The second-order valence-corrected chi connectivity index (χ2v) is 4.51. The highest BCUT2D eigenvalue weighted by atomic mass is 19.1. The van der Waals surface area contributed by atoms with Crippen molar-refractivity contribution in [3.8, 4) is 22.6 Å². The highest BCUT2D eigenvalue weighted by Gasteiger charge is 2.14. The Balaban J connectivity index is 2.32. The summed E-state index contributed by atoms with van der Waals surface area (Å²) in [7, 11) is 1.40. The lowest BCUT2D eigenvalue weighted by molar-refractivity contribution is 0.411. The molecule has 1 aromatic heterocycles. The first-order chi connectivity index (χ1) is 10.1. The topological polar surface area (TPSA) is 59.7 Å². The fourth-order valence-electron chi connectivity index (χ4n) is 2.19. The van der Waals surface area contributed by atoms with Crippen molar-refractivity contribution >= 4 is 11.0 Å². The Kier molecular flexibility index (Phi) is 3.10. The zero-order valence-corrected chi connectivity index (χ0v) is 11.1. The molecule has 3 rings (SSSR count). The molecule has 0 atom stereocenters. The van der Waals surface area contributed by atoms with Gasteiger partial charge in [-0.3, -0.25) is 4.79 Å². The van der Waals surface area contributed by atoms with Crippen molar-refractivity contribution in [3.63, 3.8) is 0 Å². The highest BCUT2D eigenvalue weighted by molar-refractivity contribution is 5.88. The third-order valence-corrected chi connectivity index (χ3v) is 3.20. The van der Waals surface area contributed by atoms with Crippen molar-refractivity contribution in [2.45, 2.75) is 0 Å². The molecule has 1 heterocycles. The van der Waals surface area contributed by atoms with E-state index in [4.69, 9.17) is 9.15 Å². The van der Waals surface area contributed by atoms with Crippen LogP contribution < -0.4 is 10.2 Å². The molecule has 0 aliphatic carbocycles. The molecule has 5 heteroatoms. The Labute approximate surface area is 119 Å². The van der Waals surface area contributed by atoms with Crippen molar-refractivity contribution < 1.29 is 18.7 Å². The van der Waals surface area contributed by atoms with Crippen LogP contribution in [0.3, 0.4) is 0 Å². The number of rotatable bonds is 2. The van der Waals surface area contributed by atoms with Crippen molar-refractivity contribution in [1.29, 1.82) is 0 Å². The third-order valence-electron chi connectivity index (χ3n) is 3.20. The number of fused-ring (bicyclic) bond motifs is 1. The molecule has 0 saturated heterocycles. The van der Waals surface area contributed by atoms with Gasteiger partial charge >= 0.3 is 0 Å². The largest absolute Gasteiger partial charge is 0.508 e. The zero-order chi connectivity index (χ0) is 15.0. The molecule has 0 fully saturated rings. The summed E-state index contributed by atoms with van der Waals surface area (Å²) in [6.07, 6.45) is 1.29. The molecule has 21 heavy (non-hydrogen) atoms. The molecule has 0 aliphatic heterocycles. The van der Waals surface area contributed by atoms with E-state index >= 15 is 0 Å². The molecule has 0 saturated carbocycles. The van der Waals surface area contributed by atoms with Crippen molar-refractivity contribution in [3.05, 3.63) is 58.7 Å². The van der Waals surface area contributed by atoms with Crippen molar-refractivity contribution in [2.24, 2.45) is 0 Å². The van der Waals surface area contributed by atoms with Gasteiger partial charge in [-0.1, -0.05) is 12.1 Å². The van der Waals surface area contributed by atoms with Gasteiger partial charge in [0, 0.05) is 12.1 Å². The predicted octanol–water partition coefficient (Wildman–Crippen LogP) is 3.31. The van der Waals surface area contributed by atoms with Crippen LogP contribution in [-0.4, -0.2) is 12.2 Å². The van der Waals surface area contributed by atoms with Gasteiger partial charge in [-0.05, 0) is 17.7 Å². The smallest absolute Gasteiger partial charge is 0.204 e. The maximum atomic E-state index is 13.0. The van der Waals surface area contributed by atoms with Crippen LogP contribution in [0.4, 0.5) is 4.39 Å². The molecule has 2 aromatic carbocycles. The van der Waals surface area contributed by atoms with Crippen LogP contribution in [0, 0.1) is 5.82 Å². The minimum atomic E-state index is -0.383. The molecule has 0 radical (unpaired) electrons. The van der Waals surface area contributed by atoms with Crippen LogP contribution in [0.5, 0.6) is 11.5 Å². The monoisotopic (exact) mass is 286 g/mol. The molecule has 0 bridgehead atoms. The Morgan fingerprint density at radius 1 is 1.19 bits per heavy atom. The van der Waals surface area contributed by atoms with Gasteiger partial charge in [-0.2, -0.15) is 0 Å². The fourth-order valence-corrected chi connectivity index (χ4v) is 2.19. The summed E-state index contributed by atoms with van der Waals surface area (Å²) in [5.41, 5.74) is 0.760. The van der Waals surface area contributed by atoms with Crippen LogP contribution in [0.25, 0.3) is 22.1 Å². The summed E-state index contributed by atoms with van der Waals surface area (Å²) >= 11 is 0. The average Bonchev–Trinajstić information content (AvgIpc) is 2.48. The highest BCUT2D eigenvalue weighted by Crippen LogP contribution is 2.30. The predicted molar refractivity (Wildman–Crippen MR) is 76.1 cm³/mol. The number of phenolic OH excluding ortho intramolecular Hbond substituents is 1. The van der Waals surface area contributed by atoms with E-state index in [-0.39, 0.29) is 33.7 Å². The fraction of sp³-hybridized carbons (Fsp3) is 0.0625. The van der Waals surface area contributed by atoms with Gasteiger partial charge in [-0.15, -0.1) is 0 Å². The van der Waals surface area contributed by atoms with E-state index < -0.39 is 0 Å². The number of ether oxygens (including phenoxy) is 1. The first kappa shape index (κ1) is 13.2. The lowest BCUT2D eigenvalue weighted by atomic mass is 10.1. The summed E-state index contributed by atoms with van der Waals surface area (Å²) in [6.45, 7) is 0. The van der Waals surface area contributed by atoms with Gasteiger partial charge < -0.3 is 14.3 Å². The molecule has 3 aromatic rings. The number of halogens is 1. The summed E-state index contributed by atoms with van der Waals surface area (Å²) in [6, 6.07) is 8.22. The third kappa shape index (κ3) is 2.23. The number of hydrogen-bond acceptors (Lipinski definition) is 4. The van der Waals surface area contributed by atoms with E-state index in [0.717, 1.165) is 0 Å². The molecule has 0 unspecified atom stereocenters. The lowest BCUT2D eigenvalue weighted by Gasteiger charge is -2.07. The standard InChI is InChI=1S/C16H11FO4/c1-20-13-6-11(18)7-14-15(13)16(19)12(8-21-14)9-2-4-10(17)5-3-9/h2-8,18H,1H3. The maximum Gasteiger partial charge on any atom is 0.204 e. The van der Waals surface area contributed by atoms with E-state index in [0.29, 0.717) is 11.1 Å². The molecule has 0 spiro atoms. The quantitative estimate of drug-likeness (QED) is 0.785. The van der Waals surface area contributed by atoms with E-state index in [9.17, 15) is 14.3 Å². The van der Waals surface area contributed by atoms with Crippen LogP contribution >= 0.6 is 0 Å². The first-order valence-electron chi connectivity index (χ1n) is 6.18. The van der Waals surface area contributed by atoms with Gasteiger partial charge in [0.15, 0.2) is 0 Å². The minimum absolute atomic E-state index is 0.0583. The van der Waals surface area contributed by atoms with Gasteiger partial charge in [0.1, 0.15) is 34.5 Å². The first-order valence-corrected chi connectivity index (χ1v) is 6.18. The minimum Gasteiger partial charge on any atom is -0.508 e. The molecule has 1 N–H and O–H groups in total. The number of aromatic hydroxyl groups is 1. The number of phenols is 1. The summed E-state index contributed by atoms with van der Waals surface area (Å²) < 4.78 is 23.5. The van der Waals surface area contributed by atoms with Crippen LogP contribution in [0.15, 0.2) is 51.9 Å². The molecule has 106 valence electrons. The maximum absolute atomic E-state index is 13.0. The molecular formula is C16H11FO4. The Hall–Kier alpha value is -2.82. The lowest BCUT2D eigenvalue weighted by Crippen LogP contribution is -2.06. The number of methoxy groups -OCH3 is 1. The van der Waals surface area contributed by atoms with Crippen molar-refractivity contribution in [2.75, 3.05) is 7.11 Å². The van der Waals surface area contributed by atoms with Crippen LogP contribution in [0.1, 0.15) is 0 Å². The zero-order valence-electron chi connectivity index (χ0n) is 11.1. The number of benzene rings is 2. The van der Waals surface area contributed by atoms with Crippen LogP contribution in [0.2, 0.25) is 0 Å². The van der Waals surface area contributed by atoms with E-state index in [1.807, 2.05) is 0 Å². The second kappa shape index (κ2) is 4.94. The molecule has 0 amide bonds. The van der Waals surface area contributed by atoms with E-state index in [1.165, 1.54) is 49.8 Å². The van der Waals surface area contributed by atoms with Crippen LogP contribution in [-0.2, 0) is 0 Å².